The summed E-state index contributed by atoms with van der Waals surface area (Å²) in [5.41, 5.74) is 1.47. The van der Waals surface area contributed by atoms with Gasteiger partial charge in [-0.05, 0) is 56.9 Å². The molecule has 180 valence electrons. The van der Waals surface area contributed by atoms with E-state index in [2.05, 4.69) is 25.8 Å². The third-order valence-corrected chi connectivity index (χ3v) is 7.17. The summed E-state index contributed by atoms with van der Waals surface area (Å²) in [4.78, 5) is 24.2. The zero-order chi connectivity index (χ0) is 24.2. The number of carbonyl (C=O) groups excluding carboxylic acids is 1. The van der Waals surface area contributed by atoms with Gasteiger partial charge in [0.05, 0.1) is 5.69 Å². The Bertz CT molecular complexity index is 1430. The zero-order valence-electron chi connectivity index (χ0n) is 18.9. The number of halogens is 2. The molecule has 4 aromatic rings. The summed E-state index contributed by atoms with van der Waals surface area (Å²) in [6.45, 7) is 2.52. The van der Waals surface area contributed by atoms with Crippen LogP contribution in [0.15, 0.2) is 36.5 Å². The van der Waals surface area contributed by atoms with Gasteiger partial charge in [0.15, 0.2) is 16.8 Å². The Hall–Kier alpha value is -3.37. The lowest BCUT2D eigenvalue weighted by molar-refractivity contribution is -0.120. The second-order valence-electron chi connectivity index (χ2n) is 9.16. The molecule has 0 bridgehead atoms. The van der Waals surface area contributed by atoms with Crippen molar-refractivity contribution in [1.82, 2.24) is 29.8 Å². The average Bonchev–Trinajstić information content (AvgIpc) is 3.19. The highest BCUT2D eigenvalue weighted by Gasteiger charge is 2.45. The van der Waals surface area contributed by atoms with Gasteiger partial charge < -0.3 is 15.5 Å². The minimum atomic E-state index is -0.882. The van der Waals surface area contributed by atoms with E-state index < -0.39 is 5.54 Å². The standard InChI is InChI=1S/C23H23Cl2N9O/c1-23(21(35)26-14-7-8-17(24)27-19(14)25)9-3-10-33(23)22-29-20(16-4-2-11-34(16)32-22)28-18-12-15(30-31-18)13-5-6-13/h2,4,7-8,11-13H,3,5-6,9-10H2,1H3,(H,26,35)(H2,28,29,30,31,32)/t23-/m0/s1. The molecule has 10 nitrogen and oxygen atoms in total. The fourth-order valence-corrected chi connectivity index (χ4v) is 4.93. The van der Waals surface area contributed by atoms with Crippen molar-refractivity contribution in [3.63, 3.8) is 0 Å². The second-order valence-corrected chi connectivity index (χ2v) is 9.91. The number of nitrogens with zero attached hydrogens (tertiary/aromatic N) is 6. The number of H-pyrrole nitrogens is 1. The van der Waals surface area contributed by atoms with Crippen molar-refractivity contribution in [2.24, 2.45) is 0 Å². The molecule has 0 spiro atoms. The first-order valence-electron chi connectivity index (χ1n) is 11.5. The van der Waals surface area contributed by atoms with Gasteiger partial charge >= 0.3 is 0 Å². The summed E-state index contributed by atoms with van der Waals surface area (Å²) in [7, 11) is 0. The number of fused-ring (bicyclic) bond motifs is 1. The predicted octanol–water partition coefficient (Wildman–Crippen LogP) is 4.77. The largest absolute Gasteiger partial charge is 0.325 e. The Morgan fingerprint density at radius 2 is 2.09 bits per heavy atom. The Balaban J connectivity index is 1.31. The molecule has 1 amide bonds. The number of amides is 1. The van der Waals surface area contributed by atoms with E-state index in [-0.39, 0.29) is 16.2 Å². The Morgan fingerprint density at radius 3 is 2.89 bits per heavy atom. The van der Waals surface area contributed by atoms with Crippen molar-refractivity contribution in [1.29, 1.82) is 0 Å². The van der Waals surface area contributed by atoms with Crippen LogP contribution in [0.3, 0.4) is 0 Å². The topological polar surface area (TPSA) is 116 Å². The van der Waals surface area contributed by atoms with Crippen LogP contribution >= 0.6 is 23.2 Å². The van der Waals surface area contributed by atoms with Crippen LogP contribution in [0.5, 0.6) is 0 Å². The maximum absolute atomic E-state index is 13.5. The van der Waals surface area contributed by atoms with Crippen LogP contribution in [-0.4, -0.2) is 47.8 Å². The summed E-state index contributed by atoms with van der Waals surface area (Å²) in [5, 5.41) is 18.8. The number of pyridine rings is 1. The third-order valence-electron chi connectivity index (χ3n) is 6.68. The van der Waals surface area contributed by atoms with Crippen molar-refractivity contribution < 1.29 is 4.79 Å². The summed E-state index contributed by atoms with van der Waals surface area (Å²) in [6, 6.07) is 9.09. The second kappa shape index (κ2) is 8.39. The molecular weight excluding hydrogens is 489 g/mol. The SMILES string of the molecule is C[C@@]1(C(=O)Nc2ccc(Cl)nc2Cl)CCCN1c1nc(Nc2cc(C3CC3)[nH]n2)c2cccn2n1. The zero-order valence-corrected chi connectivity index (χ0v) is 20.4. The van der Waals surface area contributed by atoms with Crippen LogP contribution in [0, 0.1) is 0 Å². The minimum Gasteiger partial charge on any atom is -0.325 e. The van der Waals surface area contributed by atoms with E-state index in [0.29, 0.717) is 42.2 Å². The Labute approximate surface area is 211 Å². The van der Waals surface area contributed by atoms with E-state index in [1.54, 1.807) is 16.6 Å². The normalized spacial score (nSPS) is 19.9. The van der Waals surface area contributed by atoms with Crippen molar-refractivity contribution in [3.8, 4) is 0 Å². The summed E-state index contributed by atoms with van der Waals surface area (Å²) < 4.78 is 1.76. The van der Waals surface area contributed by atoms with Crippen LogP contribution in [0.1, 0.15) is 44.2 Å². The molecule has 0 aromatic carbocycles. The first-order valence-corrected chi connectivity index (χ1v) is 12.3. The van der Waals surface area contributed by atoms with E-state index in [0.717, 1.165) is 17.6 Å². The maximum Gasteiger partial charge on any atom is 0.250 e. The molecule has 2 aliphatic rings. The molecule has 6 rings (SSSR count). The smallest absolute Gasteiger partial charge is 0.250 e. The number of nitrogens with one attached hydrogen (secondary N) is 3. The van der Waals surface area contributed by atoms with Gasteiger partial charge in [-0.3, -0.25) is 9.89 Å². The molecule has 1 saturated heterocycles. The first kappa shape index (κ1) is 22.1. The first-order chi connectivity index (χ1) is 16.9. The molecule has 2 fully saturated rings. The summed E-state index contributed by atoms with van der Waals surface area (Å²) in [6.07, 6.45) is 5.69. The lowest BCUT2D eigenvalue weighted by atomic mass is 9.97. The predicted molar refractivity (Wildman–Crippen MR) is 135 cm³/mol. The van der Waals surface area contributed by atoms with E-state index in [1.165, 1.54) is 12.8 Å². The van der Waals surface area contributed by atoms with Crippen LogP contribution < -0.4 is 15.5 Å². The van der Waals surface area contributed by atoms with E-state index in [4.69, 9.17) is 33.3 Å². The highest BCUT2D eigenvalue weighted by molar-refractivity contribution is 6.34. The van der Waals surface area contributed by atoms with Crippen molar-refractivity contribution in [3.05, 3.63) is 52.5 Å². The number of aromatic amines is 1. The average molecular weight is 512 g/mol. The minimum absolute atomic E-state index is 0.139. The van der Waals surface area contributed by atoms with Gasteiger partial charge in [0.2, 0.25) is 11.9 Å². The van der Waals surface area contributed by atoms with Gasteiger partial charge in [0.25, 0.3) is 0 Å². The van der Waals surface area contributed by atoms with Gasteiger partial charge in [-0.1, -0.05) is 23.2 Å². The van der Waals surface area contributed by atoms with E-state index in [1.807, 2.05) is 36.2 Å². The molecule has 1 saturated carbocycles. The van der Waals surface area contributed by atoms with Crippen LogP contribution in [0.4, 0.5) is 23.3 Å². The van der Waals surface area contributed by atoms with E-state index in [9.17, 15) is 4.79 Å². The summed E-state index contributed by atoms with van der Waals surface area (Å²) >= 11 is 12.1. The molecule has 4 aromatic heterocycles. The van der Waals surface area contributed by atoms with Crippen molar-refractivity contribution in [2.45, 2.75) is 44.1 Å². The molecule has 35 heavy (non-hydrogen) atoms. The molecule has 1 atom stereocenters. The lowest BCUT2D eigenvalue weighted by Gasteiger charge is -2.34. The number of rotatable bonds is 6. The quantitative estimate of drug-likeness (QED) is 0.319. The molecule has 0 radical (unpaired) electrons. The molecule has 0 unspecified atom stereocenters. The number of hydrogen-bond acceptors (Lipinski definition) is 7. The fraction of sp³-hybridized carbons (Fsp3) is 0.348. The Morgan fingerprint density at radius 1 is 1.23 bits per heavy atom. The molecule has 1 aliphatic carbocycles. The van der Waals surface area contributed by atoms with E-state index >= 15 is 0 Å². The monoisotopic (exact) mass is 511 g/mol. The molecule has 5 heterocycles. The van der Waals surface area contributed by atoms with Gasteiger partial charge in [-0.15, -0.1) is 5.10 Å². The van der Waals surface area contributed by atoms with Crippen molar-refractivity contribution >= 4 is 57.9 Å². The maximum atomic E-state index is 13.5. The molecule has 1 aliphatic heterocycles. The number of hydrogen-bond donors (Lipinski definition) is 3. The van der Waals surface area contributed by atoms with Crippen molar-refractivity contribution in [2.75, 3.05) is 22.1 Å². The van der Waals surface area contributed by atoms with Crippen LogP contribution in [-0.2, 0) is 4.79 Å². The summed E-state index contributed by atoms with van der Waals surface area (Å²) in [5.74, 6) is 2.12. The van der Waals surface area contributed by atoms with Gasteiger partial charge in [0, 0.05) is 30.4 Å². The molecule has 3 N–H and O–H groups in total. The third kappa shape index (κ3) is 4.06. The number of aromatic nitrogens is 6. The number of anilines is 4. The number of carbonyl (C=O) groups is 1. The van der Waals surface area contributed by atoms with Gasteiger partial charge in [-0.25, -0.2) is 9.50 Å². The van der Waals surface area contributed by atoms with Crippen LogP contribution in [0.25, 0.3) is 5.52 Å². The van der Waals surface area contributed by atoms with Gasteiger partial charge in [-0.2, -0.15) is 10.1 Å². The molecule has 12 heteroatoms. The van der Waals surface area contributed by atoms with Crippen LogP contribution in [0.2, 0.25) is 10.3 Å². The Kier molecular flexibility index (Phi) is 5.30. The lowest BCUT2D eigenvalue weighted by Crippen LogP contribution is -2.51. The highest BCUT2D eigenvalue weighted by atomic mass is 35.5. The van der Waals surface area contributed by atoms with Gasteiger partial charge in [0.1, 0.15) is 16.2 Å². The fourth-order valence-electron chi connectivity index (χ4n) is 4.54. The highest BCUT2D eigenvalue weighted by Crippen LogP contribution is 2.40. The molecular formula is C23H23Cl2N9O.